The smallest absolute Gasteiger partial charge is 0.413 e. The van der Waals surface area contributed by atoms with Crippen LogP contribution in [0.5, 0.6) is 0 Å². The van der Waals surface area contributed by atoms with Gasteiger partial charge in [0.05, 0.1) is 11.6 Å². The average molecular weight is 502 g/mol. The third kappa shape index (κ3) is 4.57. The van der Waals surface area contributed by atoms with Gasteiger partial charge in [-0.25, -0.2) is 4.79 Å². The van der Waals surface area contributed by atoms with Crippen molar-refractivity contribution in [1.29, 1.82) is 0 Å². The minimum atomic E-state index is -0.758. The SMILES string of the molecule is CC(OC(=O)Nc1[nH]ncc1-c1ccc(-c2ccc(C3(C(=O)O)CC3)cc2)cc1)c1ccccc1Cl. The maximum Gasteiger partial charge on any atom is 0.413 e. The molecular weight excluding hydrogens is 478 g/mol. The molecule has 4 aromatic rings. The molecule has 1 amide bonds. The van der Waals surface area contributed by atoms with Gasteiger partial charge in [0.25, 0.3) is 0 Å². The number of nitrogens with one attached hydrogen (secondary N) is 2. The molecule has 1 fully saturated rings. The summed E-state index contributed by atoms with van der Waals surface area (Å²) in [4.78, 5) is 24.1. The van der Waals surface area contributed by atoms with Crippen LogP contribution in [0.15, 0.2) is 79.0 Å². The number of aromatic nitrogens is 2. The van der Waals surface area contributed by atoms with Gasteiger partial charge in [-0.05, 0) is 48.1 Å². The predicted octanol–water partition coefficient (Wildman–Crippen LogP) is 6.82. The number of carbonyl (C=O) groups is 2. The van der Waals surface area contributed by atoms with Crippen LogP contribution in [0.4, 0.5) is 10.6 Å². The first-order valence-electron chi connectivity index (χ1n) is 11.6. The molecule has 1 saturated carbocycles. The number of aromatic amines is 1. The summed E-state index contributed by atoms with van der Waals surface area (Å²) in [6.45, 7) is 1.76. The quantitative estimate of drug-likeness (QED) is 0.257. The molecule has 1 atom stereocenters. The first kappa shape index (κ1) is 23.6. The Morgan fingerprint density at radius 3 is 2.22 bits per heavy atom. The van der Waals surface area contributed by atoms with Gasteiger partial charge in [0, 0.05) is 16.1 Å². The largest absolute Gasteiger partial charge is 0.481 e. The van der Waals surface area contributed by atoms with E-state index in [4.69, 9.17) is 16.3 Å². The number of carboxylic acid groups (broad SMARTS) is 1. The first-order chi connectivity index (χ1) is 17.4. The predicted molar refractivity (Wildman–Crippen MR) is 138 cm³/mol. The summed E-state index contributed by atoms with van der Waals surface area (Å²) < 4.78 is 5.49. The lowest BCUT2D eigenvalue weighted by molar-refractivity contribution is -0.140. The van der Waals surface area contributed by atoms with Crippen molar-refractivity contribution in [3.05, 3.63) is 95.1 Å². The fourth-order valence-corrected chi connectivity index (χ4v) is 4.63. The van der Waals surface area contributed by atoms with Crippen molar-refractivity contribution in [3.8, 4) is 22.3 Å². The van der Waals surface area contributed by atoms with Gasteiger partial charge in [-0.15, -0.1) is 0 Å². The number of carbonyl (C=O) groups excluding carboxylic acids is 1. The lowest BCUT2D eigenvalue weighted by Crippen LogP contribution is -2.19. The van der Waals surface area contributed by atoms with Crippen molar-refractivity contribution in [3.63, 3.8) is 0 Å². The third-order valence-electron chi connectivity index (χ3n) is 6.62. The number of anilines is 1. The van der Waals surface area contributed by atoms with Crippen molar-refractivity contribution in [1.82, 2.24) is 10.2 Å². The molecule has 0 spiro atoms. The molecule has 3 aromatic carbocycles. The van der Waals surface area contributed by atoms with Gasteiger partial charge in [-0.2, -0.15) is 5.10 Å². The fraction of sp³-hybridized carbons (Fsp3) is 0.179. The van der Waals surface area contributed by atoms with Crippen LogP contribution in [0.25, 0.3) is 22.3 Å². The second kappa shape index (κ2) is 9.51. The van der Waals surface area contributed by atoms with Crippen molar-refractivity contribution < 1.29 is 19.4 Å². The van der Waals surface area contributed by atoms with E-state index in [2.05, 4.69) is 15.5 Å². The van der Waals surface area contributed by atoms with Crippen LogP contribution in [0.2, 0.25) is 5.02 Å². The van der Waals surface area contributed by atoms with E-state index in [0.717, 1.165) is 33.4 Å². The van der Waals surface area contributed by atoms with Gasteiger partial charge in [0.15, 0.2) is 0 Å². The maximum absolute atomic E-state index is 12.5. The normalized spacial score (nSPS) is 14.6. The summed E-state index contributed by atoms with van der Waals surface area (Å²) in [6, 6.07) is 22.8. The first-order valence-corrected chi connectivity index (χ1v) is 12.0. The van der Waals surface area contributed by atoms with Crippen molar-refractivity contribution in [2.24, 2.45) is 0 Å². The Morgan fingerprint density at radius 2 is 1.61 bits per heavy atom. The molecule has 0 radical (unpaired) electrons. The van der Waals surface area contributed by atoms with Gasteiger partial charge < -0.3 is 9.84 Å². The van der Waals surface area contributed by atoms with Crippen LogP contribution in [-0.2, 0) is 14.9 Å². The maximum atomic E-state index is 12.5. The zero-order valence-corrected chi connectivity index (χ0v) is 20.3. The minimum Gasteiger partial charge on any atom is -0.481 e. The van der Waals surface area contributed by atoms with Crippen molar-refractivity contribution in [2.45, 2.75) is 31.3 Å². The molecular formula is C28H24ClN3O4. The molecule has 0 bridgehead atoms. The lowest BCUT2D eigenvalue weighted by Gasteiger charge is -2.15. The van der Waals surface area contributed by atoms with Crippen LogP contribution >= 0.6 is 11.6 Å². The highest BCUT2D eigenvalue weighted by molar-refractivity contribution is 6.31. The van der Waals surface area contributed by atoms with Crippen LogP contribution in [0, 0.1) is 0 Å². The van der Waals surface area contributed by atoms with E-state index < -0.39 is 23.6 Å². The molecule has 1 unspecified atom stereocenters. The Labute approximate surface area is 213 Å². The molecule has 3 N–H and O–H groups in total. The molecule has 8 heteroatoms. The Hall–Kier alpha value is -4.10. The molecule has 0 saturated heterocycles. The second-order valence-corrected chi connectivity index (χ2v) is 9.30. The Bertz CT molecular complexity index is 1410. The lowest BCUT2D eigenvalue weighted by atomic mass is 9.93. The van der Waals surface area contributed by atoms with E-state index >= 15 is 0 Å². The molecule has 1 aliphatic rings. The number of benzene rings is 3. The summed E-state index contributed by atoms with van der Waals surface area (Å²) in [5.41, 5.74) is 4.43. The molecule has 36 heavy (non-hydrogen) atoms. The van der Waals surface area contributed by atoms with Crippen LogP contribution < -0.4 is 5.32 Å². The number of hydrogen-bond donors (Lipinski definition) is 3. The highest BCUT2D eigenvalue weighted by Crippen LogP contribution is 2.48. The molecule has 7 nitrogen and oxygen atoms in total. The minimum absolute atomic E-state index is 0.423. The number of carboxylic acids is 1. The third-order valence-corrected chi connectivity index (χ3v) is 6.96. The van der Waals surface area contributed by atoms with Gasteiger partial charge in [-0.1, -0.05) is 78.3 Å². The van der Waals surface area contributed by atoms with E-state index in [9.17, 15) is 14.7 Å². The highest BCUT2D eigenvalue weighted by atomic mass is 35.5. The van der Waals surface area contributed by atoms with E-state index in [1.165, 1.54) is 0 Å². The summed E-state index contributed by atoms with van der Waals surface area (Å²) in [5.74, 6) is -0.335. The van der Waals surface area contributed by atoms with Gasteiger partial charge >= 0.3 is 12.1 Å². The number of hydrogen-bond acceptors (Lipinski definition) is 4. The Kier molecular flexibility index (Phi) is 6.24. The fourth-order valence-electron chi connectivity index (χ4n) is 4.34. The number of halogens is 1. The van der Waals surface area contributed by atoms with E-state index in [1.807, 2.05) is 66.7 Å². The molecule has 1 aromatic heterocycles. The number of aliphatic carboxylic acids is 1. The molecule has 1 heterocycles. The number of ether oxygens (including phenoxy) is 1. The summed E-state index contributed by atoms with van der Waals surface area (Å²) >= 11 is 6.20. The van der Waals surface area contributed by atoms with E-state index in [-0.39, 0.29) is 0 Å². The van der Waals surface area contributed by atoms with Crippen molar-refractivity contribution in [2.75, 3.05) is 5.32 Å². The summed E-state index contributed by atoms with van der Waals surface area (Å²) in [6.07, 6.45) is 1.85. The summed E-state index contributed by atoms with van der Waals surface area (Å²) in [5, 5.41) is 19.6. The molecule has 0 aliphatic heterocycles. The van der Waals surface area contributed by atoms with E-state index in [0.29, 0.717) is 23.7 Å². The van der Waals surface area contributed by atoms with Gasteiger partial charge in [0.1, 0.15) is 11.9 Å². The van der Waals surface area contributed by atoms with Crippen LogP contribution in [0.3, 0.4) is 0 Å². The molecule has 5 rings (SSSR count). The molecule has 1 aliphatic carbocycles. The van der Waals surface area contributed by atoms with Crippen LogP contribution in [-0.4, -0.2) is 27.4 Å². The second-order valence-electron chi connectivity index (χ2n) is 8.89. The van der Waals surface area contributed by atoms with Gasteiger partial charge in [0.2, 0.25) is 0 Å². The number of amides is 1. The Morgan fingerprint density at radius 1 is 1.00 bits per heavy atom. The Balaban J connectivity index is 1.27. The molecule has 182 valence electrons. The zero-order valence-electron chi connectivity index (χ0n) is 19.5. The number of H-pyrrole nitrogens is 1. The summed E-state index contributed by atoms with van der Waals surface area (Å²) in [7, 11) is 0. The topological polar surface area (TPSA) is 104 Å². The monoisotopic (exact) mass is 501 g/mol. The van der Waals surface area contributed by atoms with Crippen LogP contribution in [0.1, 0.15) is 37.0 Å². The average Bonchev–Trinajstić information content (AvgIpc) is 3.58. The number of nitrogens with zero attached hydrogens (tertiary/aromatic N) is 1. The van der Waals surface area contributed by atoms with E-state index in [1.54, 1.807) is 19.2 Å². The van der Waals surface area contributed by atoms with Gasteiger partial charge in [-0.3, -0.25) is 15.2 Å². The zero-order chi connectivity index (χ0) is 25.3. The number of rotatable bonds is 7. The van der Waals surface area contributed by atoms with Crippen molar-refractivity contribution >= 4 is 29.5 Å². The standard InChI is InChI=1S/C28H24ClN3O4/c1-17(22-4-2-3-5-24(22)29)36-27(35)31-25-23(16-30-32-25)20-8-6-18(7-9-20)19-10-12-21(13-11-19)28(14-15-28)26(33)34/h2-13,16-17H,14-15H2,1H3,(H,33,34)(H2,30,31,32,35). The highest BCUT2D eigenvalue weighted by Gasteiger charge is 2.51.